The minimum atomic E-state index is -0.793. The molecule has 3 aromatic heterocycles. The zero-order valence-electron chi connectivity index (χ0n) is 24.7. The molecule has 11 heteroatoms. The molecule has 8 nitrogen and oxygen atoms in total. The minimum Gasteiger partial charge on any atom is -0.399 e. The van der Waals surface area contributed by atoms with Crippen LogP contribution in [0.4, 0.5) is 15.9 Å². The molecule has 0 saturated carbocycles. The number of hydrogen-bond donors (Lipinski definition) is 1. The topological polar surface area (TPSA) is 95.0 Å². The number of aromatic nitrogens is 3. The first-order chi connectivity index (χ1) is 19.8. The molecule has 2 aliphatic heterocycles. The molecule has 1 fully saturated rings. The van der Waals surface area contributed by atoms with Gasteiger partial charge in [0.15, 0.2) is 0 Å². The maximum absolute atomic E-state index is 15.7. The Hall–Kier alpha value is -3.03. The lowest BCUT2D eigenvalue weighted by Crippen LogP contribution is -2.41. The van der Waals surface area contributed by atoms with Gasteiger partial charge in [-0.15, -0.1) is 0 Å². The van der Waals surface area contributed by atoms with Crippen LogP contribution in [0.5, 0.6) is 0 Å². The molecular weight excluding hydrogens is 647 g/mol. The van der Waals surface area contributed by atoms with Gasteiger partial charge in [0, 0.05) is 50.8 Å². The summed E-state index contributed by atoms with van der Waals surface area (Å²) >= 11 is 2.32. The smallest absolute Gasteiger partial charge is 0.399 e. The highest BCUT2D eigenvalue weighted by atomic mass is 127. The molecule has 42 heavy (non-hydrogen) atoms. The third-order valence-corrected chi connectivity index (χ3v) is 10.0. The molecule has 0 radical (unpaired) electrons. The Morgan fingerprint density at radius 3 is 2.50 bits per heavy atom. The van der Waals surface area contributed by atoms with Crippen LogP contribution in [0, 0.1) is 23.2 Å². The van der Waals surface area contributed by atoms with Gasteiger partial charge < -0.3 is 24.3 Å². The fourth-order valence-electron chi connectivity index (χ4n) is 5.81. The van der Waals surface area contributed by atoms with Crippen molar-refractivity contribution in [1.82, 2.24) is 14.4 Å². The molecule has 0 aliphatic carbocycles. The van der Waals surface area contributed by atoms with Crippen molar-refractivity contribution < 1.29 is 18.5 Å². The summed E-state index contributed by atoms with van der Waals surface area (Å²) in [6.45, 7) is 12.2. The lowest BCUT2D eigenvalue weighted by atomic mass is 9.77. The Morgan fingerprint density at radius 2 is 1.79 bits per heavy atom. The van der Waals surface area contributed by atoms with E-state index in [1.807, 2.05) is 59.0 Å². The number of nitrogen functional groups attached to an aromatic ring is 1. The summed E-state index contributed by atoms with van der Waals surface area (Å²) in [4.78, 5) is 24.4. The second-order valence-corrected chi connectivity index (χ2v) is 13.3. The molecule has 1 saturated heterocycles. The van der Waals surface area contributed by atoms with Crippen molar-refractivity contribution >= 4 is 58.1 Å². The molecule has 5 heterocycles. The number of carbonyl (C=O) groups is 1. The Kier molecular flexibility index (Phi) is 7.13. The maximum Gasteiger partial charge on any atom is 0.497 e. The van der Waals surface area contributed by atoms with Crippen molar-refractivity contribution in [1.29, 1.82) is 0 Å². The first kappa shape index (κ1) is 29.1. The van der Waals surface area contributed by atoms with E-state index in [2.05, 4.69) is 38.9 Å². The highest BCUT2D eigenvalue weighted by Crippen LogP contribution is 2.38. The highest BCUT2D eigenvalue weighted by Gasteiger charge is 2.52. The fraction of sp³-hybridized carbons (Fsp3) is 0.387. The highest BCUT2D eigenvalue weighted by molar-refractivity contribution is 14.1. The number of aryl methyl sites for hydroxylation is 2. The zero-order valence-corrected chi connectivity index (χ0v) is 26.9. The molecule has 2 aliphatic rings. The van der Waals surface area contributed by atoms with Gasteiger partial charge in [0.25, 0.3) is 0 Å². The summed E-state index contributed by atoms with van der Waals surface area (Å²) in [6, 6.07) is 9.24. The van der Waals surface area contributed by atoms with Gasteiger partial charge in [0.2, 0.25) is 5.91 Å². The Bertz CT molecular complexity index is 1740. The van der Waals surface area contributed by atoms with E-state index >= 15 is 4.39 Å². The van der Waals surface area contributed by atoms with Crippen LogP contribution in [-0.2, 0) is 33.4 Å². The number of nitrogens with zero attached hydrogens (tertiary/aromatic N) is 4. The third-order valence-electron chi connectivity index (χ3n) is 8.85. The SMILES string of the molecule is Cc1cn2c(C)c(Cc3cccc(CC(=O)N4CCc5c4ccc(B4OC(C)(C)C(C)(C)O4)c5F)n3)c(I)c2c(N)n1. The summed E-state index contributed by atoms with van der Waals surface area (Å²) in [6.07, 6.45) is 3.15. The lowest BCUT2D eigenvalue weighted by Gasteiger charge is -2.32. The van der Waals surface area contributed by atoms with Crippen LogP contribution in [0.15, 0.2) is 36.5 Å². The quantitative estimate of drug-likeness (QED) is 0.243. The van der Waals surface area contributed by atoms with Crippen LogP contribution in [0.3, 0.4) is 0 Å². The Balaban J connectivity index is 1.20. The molecule has 2 N–H and O–H groups in total. The summed E-state index contributed by atoms with van der Waals surface area (Å²) < 4.78 is 31.0. The minimum absolute atomic E-state index is 0.115. The number of rotatable bonds is 5. The Labute approximate surface area is 259 Å². The number of benzene rings is 1. The van der Waals surface area contributed by atoms with E-state index < -0.39 is 18.3 Å². The number of nitrogens with two attached hydrogens (primary N) is 1. The van der Waals surface area contributed by atoms with E-state index in [1.54, 1.807) is 17.0 Å². The van der Waals surface area contributed by atoms with Crippen molar-refractivity contribution in [2.75, 3.05) is 17.2 Å². The van der Waals surface area contributed by atoms with E-state index in [4.69, 9.17) is 20.0 Å². The first-order valence-corrected chi connectivity index (χ1v) is 15.2. The van der Waals surface area contributed by atoms with Gasteiger partial charge in [-0.25, -0.2) is 9.37 Å². The van der Waals surface area contributed by atoms with Gasteiger partial charge in [0.1, 0.15) is 17.2 Å². The Morgan fingerprint density at radius 1 is 1.10 bits per heavy atom. The van der Waals surface area contributed by atoms with E-state index in [1.165, 1.54) is 0 Å². The number of carbonyl (C=O) groups excluding carboxylic acids is 1. The van der Waals surface area contributed by atoms with E-state index in [0.29, 0.717) is 47.6 Å². The largest absolute Gasteiger partial charge is 0.497 e. The second kappa shape index (κ2) is 10.3. The first-order valence-electron chi connectivity index (χ1n) is 14.1. The number of amides is 1. The van der Waals surface area contributed by atoms with Crippen LogP contribution in [0.25, 0.3) is 5.52 Å². The number of fused-ring (bicyclic) bond motifs is 2. The summed E-state index contributed by atoms with van der Waals surface area (Å²) in [5.41, 5.74) is 12.1. The van der Waals surface area contributed by atoms with Crippen LogP contribution in [0.1, 0.15) is 61.6 Å². The van der Waals surface area contributed by atoms with E-state index in [0.717, 1.165) is 31.7 Å². The van der Waals surface area contributed by atoms with Gasteiger partial charge in [0.05, 0.1) is 29.0 Å². The maximum atomic E-state index is 15.7. The fourth-order valence-corrected chi connectivity index (χ4v) is 6.93. The van der Waals surface area contributed by atoms with Gasteiger partial charge >= 0.3 is 7.12 Å². The van der Waals surface area contributed by atoms with Crippen molar-refractivity contribution in [3.05, 3.63) is 79.8 Å². The molecule has 0 bridgehead atoms. The van der Waals surface area contributed by atoms with Crippen LogP contribution in [0.2, 0.25) is 0 Å². The normalized spacial score (nSPS) is 17.3. The molecular formula is C31H34BFIN5O3. The second-order valence-electron chi connectivity index (χ2n) is 12.2. The van der Waals surface area contributed by atoms with Gasteiger partial charge in [-0.1, -0.05) is 12.1 Å². The van der Waals surface area contributed by atoms with E-state index in [9.17, 15) is 4.79 Å². The van der Waals surface area contributed by atoms with Crippen LogP contribution in [-0.4, -0.2) is 45.1 Å². The van der Waals surface area contributed by atoms with Crippen molar-refractivity contribution in [2.24, 2.45) is 0 Å². The van der Waals surface area contributed by atoms with Crippen molar-refractivity contribution in [2.45, 2.75) is 72.0 Å². The average molecular weight is 681 g/mol. The third kappa shape index (κ3) is 4.79. The zero-order chi connectivity index (χ0) is 30.1. The lowest BCUT2D eigenvalue weighted by molar-refractivity contribution is -0.117. The van der Waals surface area contributed by atoms with E-state index in [-0.39, 0.29) is 18.1 Å². The summed E-state index contributed by atoms with van der Waals surface area (Å²) in [5, 5.41) is 0. The molecule has 4 aromatic rings. The molecule has 0 unspecified atom stereocenters. The molecule has 0 atom stereocenters. The van der Waals surface area contributed by atoms with Gasteiger partial charge in [-0.05, 0) is 94.3 Å². The predicted octanol–water partition coefficient (Wildman–Crippen LogP) is 4.69. The summed E-state index contributed by atoms with van der Waals surface area (Å²) in [5.74, 6) is 0.0275. The number of anilines is 2. The molecule has 1 aromatic carbocycles. The van der Waals surface area contributed by atoms with Crippen LogP contribution >= 0.6 is 22.6 Å². The summed E-state index contributed by atoms with van der Waals surface area (Å²) in [7, 11) is -0.793. The average Bonchev–Trinajstić information content (AvgIpc) is 3.51. The van der Waals surface area contributed by atoms with Gasteiger partial charge in [-0.2, -0.15) is 0 Å². The number of halogens is 2. The molecule has 0 spiro atoms. The van der Waals surface area contributed by atoms with Crippen LogP contribution < -0.4 is 16.1 Å². The monoisotopic (exact) mass is 681 g/mol. The standard InChI is InChI=1S/C31H34BFIN5O3/c1-17-16-39-18(2)22(27(34)28(39)29(35)36-17)14-19-8-7-9-20(37-19)15-25(40)38-13-12-21-24(38)11-10-23(26(21)33)32-41-30(3,4)31(5,6)42-32/h7-11,16H,12-15H2,1-6H3,(H2,35,36). The number of hydrogen-bond acceptors (Lipinski definition) is 6. The molecule has 218 valence electrons. The molecule has 6 rings (SSSR count). The van der Waals surface area contributed by atoms with Crippen molar-refractivity contribution in [3.8, 4) is 0 Å². The predicted molar refractivity (Wildman–Crippen MR) is 171 cm³/mol. The van der Waals surface area contributed by atoms with Crippen molar-refractivity contribution in [3.63, 3.8) is 0 Å². The van der Waals surface area contributed by atoms with Gasteiger partial charge in [-0.3, -0.25) is 9.78 Å². The molecule has 1 amide bonds. The number of pyridine rings is 1.